The highest BCUT2D eigenvalue weighted by molar-refractivity contribution is 14.1. The third-order valence-corrected chi connectivity index (χ3v) is 2.87. The number of hydrogen-bond acceptors (Lipinski definition) is 3. The zero-order valence-electron chi connectivity index (χ0n) is 9.79. The summed E-state index contributed by atoms with van der Waals surface area (Å²) < 4.78 is 6.66. The predicted molar refractivity (Wildman–Crippen MR) is 80.1 cm³/mol. The van der Waals surface area contributed by atoms with Gasteiger partial charge in [-0.15, -0.1) is 0 Å². The molecular weight excluding hydrogens is 357 g/mol. The Hall–Kier alpha value is -1.89. The lowest BCUT2D eigenvalue weighted by atomic mass is 10.2. The van der Waals surface area contributed by atoms with Crippen LogP contribution in [-0.2, 0) is 4.79 Å². The van der Waals surface area contributed by atoms with Crippen molar-refractivity contribution in [1.82, 2.24) is 4.98 Å². The number of carboxylic acids is 1. The van der Waals surface area contributed by atoms with Gasteiger partial charge in [-0.25, -0.2) is 9.78 Å². The molecular formula is C14H10INO3. The molecule has 0 aliphatic rings. The normalized spacial score (nSPS) is 10.6. The fourth-order valence-electron chi connectivity index (χ4n) is 1.37. The maximum Gasteiger partial charge on any atom is 0.328 e. The van der Waals surface area contributed by atoms with Crippen LogP contribution in [0.3, 0.4) is 0 Å². The van der Waals surface area contributed by atoms with E-state index >= 15 is 0 Å². The summed E-state index contributed by atoms with van der Waals surface area (Å²) in [5.74, 6) is 0.196. The van der Waals surface area contributed by atoms with Gasteiger partial charge in [-0.05, 0) is 58.5 Å². The Bertz CT molecular complexity index is 608. The van der Waals surface area contributed by atoms with E-state index in [1.165, 1.54) is 6.08 Å². The molecule has 0 saturated carbocycles. The Labute approximate surface area is 123 Å². The minimum atomic E-state index is -0.987. The number of ether oxygens (including phenoxy) is 1. The van der Waals surface area contributed by atoms with Crippen LogP contribution in [0.15, 0.2) is 48.7 Å². The smallest absolute Gasteiger partial charge is 0.328 e. The molecule has 1 N–H and O–H groups in total. The first kappa shape index (κ1) is 13.5. The number of nitrogens with zero attached hydrogens (tertiary/aromatic N) is 1. The average Bonchev–Trinajstić information content (AvgIpc) is 2.38. The third-order valence-electron chi connectivity index (χ3n) is 2.20. The lowest BCUT2D eigenvalue weighted by molar-refractivity contribution is -0.131. The second-order valence-electron chi connectivity index (χ2n) is 3.66. The second-order valence-corrected chi connectivity index (χ2v) is 4.91. The molecule has 2 aromatic rings. The number of benzene rings is 1. The molecule has 1 aromatic heterocycles. The Morgan fingerprint density at radius 1 is 1.32 bits per heavy atom. The molecule has 19 heavy (non-hydrogen) atoms. The van der Waals surface area contributed by atoms with Gasteiger partial charge in [-0.2, -0.15) is 0 Å². The van der Waals surface area contributed by atoms with Gasteiger partial charge >= 0.3 is 5.97 Å². The number of aromatic nitrogens is 1. The minimum absolute atomic E-state index is 0.467. The number of halogens is 1. The van der Waals surface area contributed by atoms with Crippen molar-refractivity contribution in [2.24, 2.45) is 0 Å². The molecule has 0 saturated heterocycles. The fraction of sp³-hybridized carbons (Fsp3) is 0. The Kier molecular flexibility index (Phi) is 4.51. The van der Waals surface area contributed by atoms with Crippen LogP contribution >= 0.6 is 22.6 Å². The molecule has 0 radical (unpaired) electrons. The van der Waals surface area contributed by atoms with E-state index in [4.69, 9.17) is 9.84 Å². The van der Waals surface area contributed by atoms with Crippen molar-refractivity contribution in [2.75, 3.05) is 0 Å². The highest BCUT2D eigenvalue weighted by Crippen LogP contribution is 2.21. The van der Waals surface area contributed by atoms with Crippen LogP contribution in [0.25, 0.3) is 6.08 Å². The summed E-state index contributed by atoms with van der Waals surface area (Å²) >= 11 is 2.21. The maximum absolute atomic E-state index is 10.4. The van der Waals surface area contributed by atoms with Crippen LogP contribution in [0.5, 0.6) is 11.6 Å². The van der Waals surface area contributed by atoms with Crippen LogP contribution in [0.2, 0.25) is 0 Å². The van der Waals surface area contributed by atoms with E-state index in [1.54, 1.807) is 18.3 Å². The van der Waals surface area contributed by atoms with Crippen LogP contribution in [-0.4, -0.2) is 16.1 Å². The van der Waals surface area contributed by atoms with Crippen LogP contribution in [0.1, 0.15) is 5.56 Å². The van der Waals surface area contributed by atoms with Gasteiger partial charge in [0.2, 0.25) is 5.88 Å². The van der Waals surface area contributed by atoms with Crippen LogP contribution in [0, 0.1) is 3.57 Å². The molecule has 5 heteroatoms. The highest BCUT2D eigenvalue weighted by atomic mass is 127. The van der Waals surface area contributed by atoms with E-state index in [1.807, 2.05) is 24.3 Å². The summed E-state index contributed by atoms with van der Waals surface area (Å²) in [6, 6.07) is 11.1. The first-order chi connectivity index (χ1) is 9.13. The zero-order chi connectivity index (χ0) is 13.7. The zero-order valence-corrected chi connectivity index (χ0v) is 11.9. The number of carboxylic acid groups (broad SMARTS) is 1. The summed E-state index contributed by atoms with van der Waals surface area (Å²) in [6.45, 7) is 0. The van der Waals surface area contributed by atoms with Crippen molar-refractivity contribution in [3.8, 4) is 11.6 Å². The highest BCUT2D eigenvalue weighted by Gasteiger charge is 1.99. The molecule has 96 valence electrons. The maximum atomic E-state index is 10.4. The van der Waals surface area contributed by atoms with E-state index in [9.17, 15) is 4.79 Å². The van der Waals surface area contributed by atoms with Crippen LogP contribution < -0.4 is 4.74 Å². The largest absolute Gasteiger partial charge is 0.478 e. The molecule has 0 amide bonds. The van der Waals surface area contributed by atoms with Gasteiger partial charge in [0, 0.05) is 21.9 Å². The van der Waals surface area contributed by atoms with Crippen molar-refractivity contribution in [1.29, 1.82) is 0 Å². The van der Waals surface area contributed by atoms with Crippen molar-refractivity contribution < 1.29 is 14.6 Å². The first-order valence-corrected chi connectivity index (χ1v) is 6.52. The van der Waals surface area contributed by atoms with E-state index in [0.717, 1.165) is 9.65 Å². The number of rotatable bonds is 4. The van der Waals surface area contributed by atoms with Gasteiger partial charge in [0.05, 0.1) is 0 Å². The first-order valence-electron chi connectivity index (χ1n) is 5.44. The number of aliphatic carboxylic acids is 1. The van der Waals surface area contributed by atoms with Crippen LogP contribution in [0.4, 0.5) is 0 Å². The predicted octanol–water partition coefficient (Wildman–Crippen LogP) is 3.58. The molecule has 2 rings (SSSR count). The molecule has 0 atom stereocenters. The van der Waals surface area contributed by atoms with Gasteiger partial charge in [-0.3, -0.25) is 0 Å². The van der Waals surface area contributed by atoms with Gasteiger partial charge in [-0.1, -0.05) is 6.07 Å². The summed E-state index contributed by atoms with van der Waals surface area (Å²) in [6.07, 6.45) is 4.10. The average molecular weight is 367 g/mol. The third kappa shape index (κ3) is 4.36. The molecule has 1 heterocycles. The van der Waals surface area contributed by atoms with Gasteiger partial charge in [0.15, 0.2) is 0 Å². The standard InChI is InChI=1S/C14H10INO3/c15-11-2-1-3-12(8-11)19-13-6-4-10(9-16-13)5-7-14(17)18/h1-9H,(H,17,18)/b7-5+. The van der Waals surface area contributed by atoms with E-state index in [0.29, 0.717) is 17.2 Å². The summed E-state index contributed by atoms with van der Waals surface area (Å²) in [4.78, 5) is 14.5. The lowest BCUT2D eigenvalue weighted by Crippen LogP contribution is -1.89. The molecule has 0 aliphatic carbocycles. The summed E-state index contributed by atoms with van der Waals surface area (Å²) in [7, 11) is 0. The summed E-state index contributed by atoms with van der Waals surface area (Å²) in [5, 5.41) is 8.52. The topological polar surface area (TPSA) is 59.4 Å². The number of pyridine rings is 1. The molecule has 0 fully saturated rings. The van der Waals surface area contributed by atoms with Gasteiger partial charge in [0.1, 0.15) is 5.75 Å². The van der Waals surface area contributed by atoms with E-state index in [-0.39, 0.29) is 0 Å². The number of hydrogen-bond donors (Lipinski definition) is 1. The quantitative estimate of drug-likeness (QED) is 0.663. The number of carbonyl (C=O) groups is 1. The van der Waals surface area contributed by atoms with Crippen molar-refractivity contribution >= 4 is 34.6 Å². The molecule has 0 aliphatic heterocycles. The molecule has 0 unspecified atom stereocenters. The molecule has 4 nitrogen and oxygen atoms in total. The minimum Gasteiger partial charge on any atom is -0.478 e. The van der Waals surface area contributed by atoms with E-state index in [2.05, 4.69) is 27.6 Å². The van der Waals surface area contributed by atoms with Crippen molar-refractivity contribution in [3.05, 3.63) is 57.8 Å². The molecule has 0 spiro atoms. The molecule has 0 bridgehead atoms. The fourth-order valence-corrected chi connectivity index (χ4v) is 1.88. The monoisotopic (exact) mass is 367 g/mol. The molecule has 1 aromatic carbocycles. The lowest BCUT2D eigenvalue weighted by Gasteiger charge is -2.04. The van der Waals surface area contributed by atoms with Crippen molar-refractivity contribution in [3.63, 3.8) is 0 Å². The Balaban J connectivity index is 2.08. The second kappa shape index (κ2) is 6.33. The van der Waals surface area contributed by atoms with Gasteiger partial charge < -0.3 is 9.84 Å². The van der Waals surface area contributed by atoms with E-state index < -0.39 is 5.97 Å². The SMILES string of the molecule is O=C(O)/C=C/c1ccc(Oc2cccc(I)c2)nc1. The Morgan fingerprint density at radius 2 is 2.16 bits per heavy atom. The van der Waals surface area contributed by atoms with Gasteiger partial charge in [0.25, 0.3) is 0 Å². The van der Waals surface area contributed by atoms with Crippen molar-refractivity contribution in [2.45, 2.75) is 0 Å². The Morgan fingerprint density at radius 3 is 2.79 bits per heavy atom. The summed E-state index contributed by atoms with van der Waals surface area (Å²) in [5.41, 5.74) is 0.706.